The summed E-state index contributed by atoms with van der Waals surface area (Å²) < 4.78 is 11.6. The molecule has 0 amide bonds. The normalized spacial score (nSPS) is 23.3. The minimum absolute atomic E-state index is 0.0748. The molecule has 0 aromatic carbocycles. The second-order valence-corrected chi connectivity index (χ2v) is 7.15. The summed E-state index contributed by atoms with van der Waals surface area (Å²) in [5.74, 6) is 0.934. The lowest BCUT2D eigenvalue weighted by Gasteiger charge is -2.28. The number of aromatic nitrogens is 1. The first-order valence-electron chi connectivity index (χ1n) is 7.59. The van der Waals surface area contributed by atoms with E-state index in [0.29, 0.717) is 6.04 Å². The average Bonchev–Trinajstić information content (AvgIpc) is 2.56. The van der Waals surface area contributed by atoms with Gasteiger partial charge in [0.25, 0.3) is 0 Å². The van der Waals surface area contributed by atoms with E-state index in [2.05, 4.69) is 44.9 Å². The van der Waals surface area contributed by atoms with Crippen LogP contribution in [-0.4, -0.2) is 29.3 Å². The second-order valence-electron chi connectivity index (χ2n) is 7.15. The zero-order chi connectivity index (χ0) is 15.8. The van der Waals surface area contributed by atoms with Gasteiger partial charge >= 0.3 is 0 Å². The number of aryl methyl sites for hydroxylation is 1. The van der Waals surface area contributed by atoms with Crippen LogP contribution in [0.2, 0.25) is 0 Å². The average molecular weight is 292 g/mol. The maximum atomic E-state index is 6.12. The van der Waals surface area contributed by atoms with E-state index in [1.165, 1.54) is 0 Å². The van der Waals surface area contributed by atoms with Gasteiger partial charge in [0.05, 0.1) is 24.0 Å². The Hall–Kier alpha value is -1.13. The summed E-state index contributed by atoms with van der Waals surface area (Å²) in [5.41, 5.74) is 2.99. The molecular weight excluding hydrogens is 264 g/mol. The molecule has 0 bridgehead atoms. The molecule has 1 atom stereocenters. The van der Waals surface area contributed by atoms with Crippen molar-refractivity contribution >= 4 is 0 Å². The SMILES string of the molecule is COc1c(C)cnc(CNC2CC(C)(C)OC2(C)C)c1C. The van der Waals surface area contributed by atoms with Crippen molar-refractivity contribution in [3.63, 3.8) is 0 Å². The summed E-state index contributed by atoms with van der Waals surface area (Å²) in [6, 6.07) is 0.320. The summed E-state index contributed by atoms with van der Waals surface area (Å²) in [4.78, 5) is 4.55. The van der Waals surface area contributed by atoms with E-state index in [4.69, 9.17) is 9.47 Å². The topological polar surface area (TPSA) is 43.4 Å². The molecule has 4 nitrogen and oxygen atoms in total. The van der Waals surface area contributed by atoms with Gasteiger partial charge in [0, 0.05) is 29.9 Å². The first kappa shape index (κ1) is 16.2. The van der Waals surface area contributed by atoms with Crippen molar-refractivity contribution in [1.82, 2.24) is 10.3 Å². The van der Waals surface area contributed by atoms with Crippen LogP contribution in [0, 0.1) is 13.8 Å². The number of rotatable bonds is 4. The standard InChI is InChI=1S/C17H28N2O2/c1-11-9-18-13(12(2)15(11)20-7)10-19-14-8-16(3,4)21-17(14,5)6/h9,14,19H,8,10H2,1-7H3. The predicted octanol–water partition coefficient (Wildman–Crippen LogP) is 3.14. The van der Waals surface area contributed by atoms with Crippen LogP contribution in [0.25, 0.3) is 0 Å². The van der Waals surface area contributed by atoms with Gasteiger partial charge in [-0.25, -0.2) is 0 Å². The van der Waals surface area contributed by atoms with Crippen molar-refractivity contribution in [3.8, 4) is 5.75 Å². The largest absolute Gasteiger partial charge is 0.496 e. The molecule has 1 aromatic heterocycles. The van der Waals surface area contributed by atoms with Gasteiger partial charge < -0.3 is 14.8 Å². The lowest BCUT2D eigenvalue weighted by atomic mass is 9.94. The molecule has 21 heavy (non-hydrogen) atoms. The van der Waals surface area contributed by atoms with E-state index < -0.39 is 0 Å². The van der Waals surface area contributed by atoms with Crippen LogP contribution in [0.5, 0.6) is 5.75 Å². The van der Waals surface area contributed by atoms with Gasteiger partial charge in [0.2, 0.25) is 0 Å². The molecule has 1 saturated heterocycles. The Morgan fingerprint density at radius 1 is 1.33 bits per heavy atom. The van der Waals surface area contributed by atoms with Crippen molar-refractivity contribution in [2.75, 3.05) is 7.11 Å². The molecule has 4 heteroatoms. The summed E-state index contributed by atoms with van der Waals surface area (Å²) in [6.45, 7) is 13.4. The van der Waals surface area contributed by atoms with Crippen molar-refractivity contribution in [2.45, 2.75) is 71.8 Å². The Balaban J connectivity index is 2.11. The highest BCUT2D eigenvalue weighted by atomic mass is 16.5. The third kappa shape index (κ3) is 3.38. The monoisotopic (exact) mass is 292 g/mol. The highest BCUT2D eigenvalue weighted by molar-refractivity contribution is 5.41. The Morgan fingerprint density at radius 2 is 2.00 bits per heavy atom. The van der Waals surface area contributed by atoms with Gasteiger partial charge in [-0.2, -0.15) is 0 Å². The van der Waals surface area contributed by atoms with Gasteiger partial charge in [0.15, 0.2) is 0 Å². The maximum absolute atomic E-state index is 6.12. The number of nitrogens with zero attached hydrogens (tertiary/aromatic N) is 1. The second kappa shape index (κ2) is 5.58. The summed E-state index contributed by atoms with van der Waals surface area (Å²) in [6.07, 6.45) is 2.88. The third-order valence-corrected chi connectivity index (χ3v) is 4.34. The fourth-order valence-electron chi connectivity index (χ4n) is 3.35. The molecule has 1 N–H and O–H groups in total. The van der Waals surface area contributed by atoms with Crippen molar-refractivity contribution in [1.29, 1.82) is 0 Å². The molecule has 1 aliphatic rings. The Bertz CT molecular complexity index is 524. The first-order chi connectivity index (χ1) is 9.66. The van der Waals surface area contributed by atoms with Crippen LogP contribution < -0.4 is 10.1 Å². The van der Waals surface area contributed by atoms with Gasteiger partial charge in [0.1, 0.15) is 5.75 Å². The summed E-state index contributed by atoms with van der Waals surface area (Å²) >= 11 is 0. The molecule has 0 radical (unpaired) electrons. The van der Waals surface area contributed by atoms with Crippen LogP contribution in [0.1, 0.15) is 50.9 Å². The van der Waals surface area contributed by atoms with E-state index in [-0.39, 0.29) is 11.2 Å². The number of ether oxygens (including phenoxy) is 2. The third-order valence-electron chi connectivity index (χ3n) is 4.34. The number of hydrogen-bond donors (Lipinski definition) is 1. The zero-order valence-electron chi connectivity index (χ0n) is 14.3. The van der Waals surface area contributed by atoms with Crippen molar-refractivity contribution < 1.29 is 9.47 Å². The molecule has 2 heterocycles. The van der Waals surface area contributed by atoms with Gasteiger partial charge in [-0.1, -0.05) is 0 Å². The molecule has 0 aliphatic carbocycles. The van der Waals surface area contributed by atoms with Crippen LogP contribution >= 0.6 is 0 Å². The van der Waals surface area contributed by atoms with Crippen LogP contribution in [-0.2, 0) is 11.3 Å². The molecular formula is C17H28N2O2. The molecule has 1 aliphatic heterocycles. The Kier molecular flexibility index (Phi) is 4.31. The number of hydrogen-bond acceptors (Lipinski definition) is 4. The van der Waals surface area contributed by atoms with Gasteiger partial charge in [-0.15, -0.1) is 0 Å². The number of pyridine rings is 1. The van der Waals surface area contributed by atoms with Crippen LogP contribution in [0.4, 0.5) is 0 Å². The molecule has 0 saturated carbocycles. The number of nitrogens with one attached hydrogen (secondary N) is 1. The van der Waals surface area contributed by atoms with E-state index in [1.54, 1.807) is 7.11 Å². The maximum Gasteiger partial charge on any atom is 0.128 e. The highest BCUT2D eigenvalue weighted by Crippen LogP contribution is 2.37. The molecule has 118 valence electrons. The van der Waals surface area contributed by atoms with Crippen molar-refractivity contribution in [2.24, 2.45) is 0 Å². The predicted molar refractivity (Wildman–Crippen MR) is 84.8 cm³/mol. The van der Waals surface area contributed by atoms with E-state index in [1.807, 2.05) is 13.1 Å². The molecule has 2 rings (SSSR count). The zero-order valence-corrected chi connectivity index (χ0v) is 14.3. The lowest BCUT2D eigenvalue weighted by Crippen LogP contribution is -2.43. The quantitative estimate of drug-likeness (QED) is 0.926. The van der Waals surface area contributed by atoms with Crippen molar-refractivity contribution in [3.05, 3.63) is 23.0 Å². The van der Waals surface area contributed by atoms with E-state index in [0.717, 1.165) is 35.5 Å². The van der Waals surface area contributed by atoms with Gasteiger partial charge in [-0.05, 0) is 48.0 Å². The summed E-state index contributed by atoms with van der Waals surface area (Å²) in [7, 11) is 1.71. The molecule has 1 fully saturated rings. The fourth-order valence-corrected chi connectivity index (χ4v) is 3.35. The molecule has 1 unspecified atom stereocenters. The lowest BCUT2D eigenvalue weighted by molar-refractivity contribution is -0.0699. The Morgan fingerprint density at radius 3 is 2.52 bits per heavy atom. The Labute approximate surface area is 128 Å². The molecule has 1 aromatic rings. The van der Waals surface area contributed by atoms with Crippen LogP contribution in [0.3, 0.4) is 0 Å². The highest BCUT2D eigenvalue weighted by Gasteiger charge is 2.45. The molecule has 0 spiro atoms. The first-order valence-corrected chi connectivity index (χ1v) is 7.59. The minimum atomic E-state index is -0.161. The smallest absolute Gasteiger partial charge is 0.128 e. The summed E-state index contributed by atoms with van der Waals surface area (Å²) in [5, 5.41) is 3.61. The number of methoxy groups -OCH3 is 1. The minimum Gasteiger partial charge on any atom is -0.496 e. The van der Waals surface area contributed by atoms with Gasteiger partial charge in [-0.3, -0.25) is 4.98 Å². The van der Waals surface area contributed by atoms with E-state index >= 15 is 0 Å². The van der Waals surface area contributed by atoms with Crippen LogP contribution in [0.15, 0.2) is 6.20 Å². The fraction of sp³-hybridized carbons (Fsp3) is 0.706. The van der Waals surface area contributed by atoms with E-state index in [9.17, 15) is 0 Å².